The van der Waals surface area contributed by atoms with E-state index < -0.39 is 0 Å². The van der Waals surface area contributed by atoms with Gasteiger partial charge < -0.3 is 76.7 Å². The maximum atomic E-state index is 13.5. The van der Waals surface area contributed by atoms with E-state index in [4.69, 9.17) is 4.74 Å². The molecule has 10 aromatic heterocycles. The Labute approximate surface area is 859 Å². The Kier molecular flexibility index (Phi) is 29.5. The number of carbonyl (C=O) groups is 5. The van der Waals surface area contributed by atoms with E-state index >= 15 is 0 Å². The lowest BCUT2D eigenvalue weighted by molar-refractivity contribution is 0.0921. The molecule has 24 rings (SSSR count). The minimum absolute atomic E-state index is 0.0113. The number of amides is 5. The number of nitrogens with one attached hydrogen (secondary N) is 8. The first-order chi connectivity index (χ1) is 70.3. The fourth-order valence-corrected chi connectivity index (χ4v) is 24.6. The average Bonchev–Trinajstić information content (AvgIpc) is 1.61. The normalized spacial score (nSPS) is 17.8. The van der Waals surface area contributed by atoms with Crippen molar-refractivity contribution in [3.05, 3.63) is 206 Å². The van der Waals surface area contributed by atoms with Crippen LogP contribution in [0.2, 0.25) is 0 Å². The predicted molar refractivity (Wildman–Crippen MR) is 571 cm³/mol. The zero-order chi connectivity index (χ0) is 100. The summed E-state index contributed by atoms with van der Waals surface area (Å²) in [6.07, 6.45) is 17.8. The largest absolute Gasteiger partial charge is 0.379 e. The van der Waals surface area contributed by atoms with Crippen molar-refractivity contribution >= 4 is 195 Å². The van der Waals surface area contributed by atoms with Gasteiger partial charge in [-0.2, -0.15) is 0 Å². The van der Waals surface area contributed by atoms with E-state index in [9.17, 15) is 28.4 Å². The van der Waals surface area contributed by atoms with Gasteiger partial charge in [-0.3, -0.25) is 24.0 Å². The molecule has 752 valence electrons. The highest BCUT2D eigenvalue weighted by Gasteiger charge is 2.43. The molecule has 1 unspecified atom stereocenters. The average molecular weight is 2050 g/mol. The second-order valence-corrected chi connectivity index (χ2v) is 45.2. The summed E-state index contributed by atoms with van der Waals surface area (Å²) in [6.45, 7) is 33.2. The number of hydrogen-bond donors (Lipinski definition) is 8. The van der Waals surface area contributed by atoms with Crippen LogP contribution in [-0.2, 0) is 32.8 Å². The van der Waals surface area contributed by atoms with Crippen LogP contribution in [0.25, 0.3) is 51.7 Å². The standard InChI is InChI=1S/C23H28N6OS.C22H26N6OS.C21H24N6OS.C20H24N6OS.C18H16FN5O2S/c1-23(2)14-29(17-9-4-3-8-16(17)23)19-18-21(26-15-25-19)31-22(27-18)20(30)24-10-7-13-28-11-5-6-12-28;1-22(2)12-28(16-6-4-3-5-15(16)22)18-17-20(26-13-25-18)30-21(27-17)19(29)24-11-14-7-9-23-10-8-14;1-21(2)11-27(15-6-4-3-5-14(15)21)17-16-19(24-12-23-17)29-20(26-16)18(28)25-13-7-9-22-10-8-13;1-20(2)11-26(14-8-5-4-7-13(14)20)16-15-18(24-12-23-16)28-19(25-15)17(27)22-10-6-9-21-3;19-11-1-2-13-10(7-11)3-5-24(13)15-14-17(21-9-20-15)27-18(23-14)16(25)22-12-4-6-26-8-12/h3-4,8-9,15H,5-7,10-14H2,1-2H3,(H,24,30);3-6,13-14,23H,7-12H2,1-2H3,(H,24,29);3-6,12-13,22H,7-11H2,1-2H3,(H,25,28);4-5,7-8,12,21H,6,9-11H2,1-3H3,(H,22,27);1-2,7,9,12H,3-6,8H2,(H,22,25). The van der Waals surface area contributed by atoms with Crippen LogP contribution in [-0.4, -0.2) is 246 Å². The molecule has 15 aromatic rings. The number of ether oxygens (including phenoxy) is 1. The second kappa shape index (κ2) is 43.0. The number of para-hydroxylation sites is 4. The van der Waals surface area contributed by atoms with Gasteiger partial charge in [0.25, 0.3) is 29.5 Å². The predicted octanol–water partition coefficient (Wildman–Crippen LogP) is 15.3. The Morgan fingerprint density at radius 2 is 0.759 bits per heavy atom. The molecule has 8 N–H and O–H groups in total. The minimum atomic E-state index is -0.244. The number of halogens is 1. The Hall–Kier alpha value is -13.0. The van der Waals surface area contributed by atoms with Crippen molar-refractivity contribution in [3.8, 4) is 0 Å². The van der Waals surface area contributed by atoms with Crippen LogP contribution >= 0.6 is 56.7 Å². The number of nitrogens with zero attached hydrogens (tertiary/aromatic N) is 21. The van der Waals surface area contributed by atoms with E-state index in [1.165, 1.54) is 117 Å². The smallest absolute Gasteiger partial charge is 0.280 e. The molecule has 9 aliphatic heterocycles. The van der Waals surface area contributed by atoms with E-state index in [1.54, 1.807) is 37.4 Å². The van der Waals surface area contributed by atoms with Crippen LogP contribution in [0.15, 0.2) is 147 Å². The van der Waals surface area contributed by atoms with Gasteiger partial charge in [-0.25, -0.2) is 79.2 Å². The quantitative estimate of drug-likeness (QED) is 0.0292. The first-order valence-corrected chi connectivity index (χ1v) is 53.8. The molecule has 4 fully saturated rings. The number of fused-ring (bicyclic) bond motifs is 10. The monoisotopic (exact) mass is 2050 g/mol. The maximum Gasteiger partial charge on any atom is 0.280 e. The molecule has 41 heteroatoms. The number of rotatable bonds is 22. The van der Waals surface area contributed by atoms with Gasteiger partial charge in [-0.05, 0) is 200 Å². The summed E-state index contributed by atoms with van der Waals surface area (Å²) in [4.78, 5) is 148. The number of hydrogen-bond acceptors (Lipinski definition) is 35. The number of carbonyl (C=O) groups excluding carboxylic acids is 5. The molecule has 5 aromatic carbocycles. The van der Waals surface area contributed by atoms with Gasteiger partial charge in [0.05, 0.1) is 12.6 Å². The molecule has 9 aliphatic rings. The van der Waals surface area contributed by atoms with Crippen molar-refractivity contribution in [1.82, 2.24) is 122 Å². The van der Waals surface area contributed by atoms with Crippen LogP contribution in [0, 0.1) is 11.7 Å². The van der Waals surface area contributed by atoms with Crippen molar-refractivity contribution in [1.29, 1.82) is 0 Å². The number of thiazole rings is 5. The molecule has 0 spiro atoms. The molecule has 19 heterocycles. The highest BCUT2D eigenvalue weighted by Crippen LogP contribution is 2.51. The van der Waals surface area contributed by atoms with Crippen molar-refractivity contribution in [2.24, 2.45) is 5.92 Å². The van der Waals surface area contributed by atoms with E-state index in [2.05, 4.69) is 270 Å². The van der Waals surface area contributed by atoms with E-state index in [-0.39, 0.29) is 69.1 Å². The Balaban J connectivity index is 0.000000110. The summed E-state index contributed by atoms with van der Waals surface area (Å²) in [6, 6.07) is 38.6. The number of piperidine rings is 2. The fraction of sp³-hybridized carbons (Fsp3) is 0.423. The maximum absolute atomic E-state index is 13.5. The van der Waals surface area contributed by atoms with E-state index in [1.807, 2.05) is 36.2 Å². The van der Waals surface area contributed by atoms with Crippen molar-refractivity contribution in [3.63, 3.8) is 0 Å². The van der Waals surface area contributed by atoms with Gasteiger partial charge in [0, 0.05) is 115 Å². The van der Waals surface area contributed by atoms with Gasteiger partial charge in [0.2, 0.25) is 0 Å². The van der Waals surface area contributed by atoms with Gasteiger partial charge in [0.1, 0.15) is 89.2 Å². The third-order valence-electron chi connectivity index (χ3n) is 28.0. The third kappa shape index (κ3) is 21.4. The molecule has 0 radical (unpaired) electrons. The lowest BCUT2D eigenvalue weighted by Crippen LogP contribution is -2.42. The van der Waals surface area contributed by atoms with Gasteiger partial charge in [-0.1, -0.05) is 185 Å². The summed E-state index contributed by atoms with van der Waals surface area (Å²) in [5, 5.41) is 26.9. The molecule has 0 saturated carbocycles. The number of likely N-dealkylation sites (tertiary alicyclic amines) is 1. The van der Waals surface area contributed by atoms with Crippen LogP contribution in [0.4, 0.5) is 61.9 Å². The fourth-order valence-electron chi connectivity index (χ4n) is 20.6. The highest BCUT2D eigenvalue weighted by molar-refractivity contribution is 7.21. The summed E-state index contributed by atoms with van der Waals surface area (Å²) in [5.41, 5.74) is 15.0. The molecular formula is C104H118FN29O6S5. The Morgan fingerprint density at radius 1 is 0.400 bits per heavy atom. The van der Waals surface area contributed by atoms with Gasteiger partial charge >= 0.3 is 0 Å². The van der Waals surface area contributed by atoms with E-state index in [0.717, 1.165) is 193 Å². The summed E-state index contributed by atoms with van der Waals surface area (Å²) < 4.78 is 18.8. The summed E-state index contributed by atoms with van der Waals surface area (Å²) in [5.74, 6) is 3.25. The van der Waals surface area contributed by atoms with Crippen LogP contribution in [0.3, 0.4) is 0 Å². The van der Waals surface area contributed by atoms with Gasteiger partial charge in [-0.15, -0.1) is 0 Å². The lowest BCUT2D eigenvalue weighted by atomic mass is 9.87. The molecule has 1 atom stereocenters. The third-order valence-corrected chi connectivity index (χ3v) is 32.8. The van der Waals surface area contributed by atoms with Crippen LogP contribution in [0.1, 0.15) is 190 Å². The highest BCUT2D eigenvalue weighted by atomic mass is 32.1. The van der Waals surface area contributed by atoms with Crippen LogP contribution < -0.4 is 67.0 Å². The van der Waals surface area contributed by atoms with Gasteiger partial charge in [0.15, 0.2) is 54.1 Å². The first kappa shape index (κ1) is 99.4. The minimum Gasteiger partial charge on any atom is -0.379 e. The SMILES string of the molecule is CC1(C)CN(c2ncnc3sc(C(=O)NC4CCNCC4)nc23)c2ccccc21.CC1(C)CN(c2ncnc3sc(C(=O)NCC4CCNCC4)nc23)c2ccccc21.CC1(C)CN(c2ncnc3sc(C(=O)NCCCN4CCCC4)nc23)c2ccccc21.CNCCCNC(=O)c1nc2c(N3CC(C)(C)c4ccccc43)ncnc2s1.O=C(NC1CCOC1)c1nc2c(N3CCc4cc(F)ccc43)ncnc2s1. The summed E-state index contributed by atoms with van der Waals surface area (Å²) >= 11 is 6.55. The topological polar surface area (TPSA) is 404 Å². The lowest BCUT2D eigenvalue weighted by Gasteiger charge is -2.23. The molecule has 0 bridgehead atoms. The van der Waals surface area contributed by atoms with Crippen molar-refractivity contribution < 1.29 is 33.1 Å². The van der Waals surface area contributed by atoms with Crippen molar-refractivity contribution in [2.75, 3.05) is 149 Å². The number of aromatic nitrogens is 15. The first-order valence-electron chi connectivity index (χ1n) is 49.7. The van der Waals surface area contributed by atoms with Crippen LogP contribution in [0.5, 0.6) is 0 Å². The van der Waals surface area contributed by atoms with E-state index in [0.29, 0.717) is 109 Å². The Bertz CT molecular complexity index is 7290. The number of benzene rings is 5. The molecule has 0 aliphatic carbocycles. The second-order valence-electron chi connectivity index (χ2n) is 40.3. The number of anilines is 10. The molecule has 5 amide bonds. The molecule has 4 saturated heterocycles. The molecule has 145 heavy (non-hydrogen) atoms. The van der Waals surface area contributed by atoms with Crippen molar-refractivity contribution in [2.45, 2.75) is 153 Å². The zero-order valence-electron chi connectivity index (χ0n) is 82.6. The molecular weight excluding hydrogens is 1930 g/mol. The Morgan fingerprint density at radius 3 is 1.14 bits per heavy atom. The molecule has 35 nitrogen and oxygen atoms in total. The zero-order valence-corrected chi connectivity index (χ0v) is 86.7. The summed E-state index contributed by atoms with van der Waals surface area (Å²) in [7, 11) is 1.90.